The van der Waals surface area contributed by atoms with Crippen LogP contribution in [-0.4, -0.2) is 47.3 Å². The lowest BCUT2D eigenvalue weighted by molar-refractivity contribution is -0.123. The van der Waals surface area contributed by atoms with Crippen molar-refractivity contribution in [2.45, 2.75) is 25.0 Å². The molecule has 1 aromatic heterocycles. The Labute approximate surface area is 151 Å². The number of carboxylic acid groups (broad SMARTS) is 1. The standard InChI is InChI=1S/C19H20N2O5/c22-18(10-13-2-1-8-20-11-13)21-16-7-9-25-12-17(16)26-15-5-3-14(4-6-15)19(23)24/h1-6,8,11,16-17H,7,9-10,12H2,(H,21,22)(H,23,24)/t16-,17-/m1/s1. The van der Waals surface area contributed by atoms with Gasteiger partial charge in [0.2, 0.25) is 5.91 Å². The Bertz CT molecular complexity index is 748. The van der Waals surface area contributed by atoms with Crippen LogP contribution in [0.4, 0.5) is 0 Å². The van der Waals surface area contributed by atoms with Crippen LogP contribution in [-0.2, 0) is 16.0 Å². The minimum atomic E-state index is -0.988. The number of aromatic carboxylic acids is 1. The number of aromatic nitrogens is 1. The van der Waals surface area contributed by atoms with E-state index < -0.39 is 5.97 Å². The SMILES string of the molecule is O=C(Cc1cccnc1)N[C@@H]1CCOC[C@H]1Oc1ccc(C(=O)O)cc1. The topological polar surface area (TPSA) is 97.8 Å². The molecule has 1 aliphatic rings. The van der Waals surface area contributed by atoms with Gasteiger partial charge >= 0.3 is 5.97 Å². The third kappa shape index (κ3) is 4.80. The molecule has 136 valence electrons. The predicted molar refractivity (Wildman–Crippen MR) is 93.1 cm³/mol. The molecule has 3 rings (SSSR count). The second-order valence-electron chi connectivity index (χ2n) is 6.06. The molecule has 26 heavy (non-hydrogen) atoms. The number of carbonyl (C=O) groups is 2. The van der Waals surface area contributed by atoms with Crippen LogP contribution in [0.3, 0.4) is 0 Å². The van der Waals surface area contributed by atoms with Crippen LogP contribution in [0.1, 0.15) is 22.3 Å². The maximum absolute atomic E-state index is 12.3. The lowest BCUT2D eigenvalue weighted by atomic mass is 10.1. The van der Waals surface area contributed by atoms with Gasteiger partial charge in [-0.2, -0.15) is 0 Å². The first kappa shape index (κ1) is 17.9. The van der Waals surface area contributed by atoms with Crippen molar-refractivity contribution >= 4 is 11.9 Å². The highest BCUT2D eigenvalue weighted by molar-refractivity contribution is 5.87. The molecule has 0 aliphatic carbocycles. The van der Waals surface area contributed by atoms with Gasteiger partial charge in [0.25, 0.3) is 0 Å². The Morgan fingerprint density at radius 3 is 2.77 bits per heavy atom. The minimum Gasteiger partial charge on any atom is -0.486 e. The Hall–Kier alpha value is -2.93. The van der Waals surface area contributed by atoms with Crippen molar-refractivity contribution in [2.75, 3.05) is 13.2 Å². The molecule has 1 saturated heterocycles. The highest BCUT2D eigenvalue weighted by atomic mass is 16.5. The molecule has 2 atom stereocenters. The fourth-order valence-electron chi connectivity index (χ4n) is 2.79. The number of hydrogen-bond donors (Lipinski definition) is 2. The smallest absolute Gasteiger partial charge is 0.335 e. The molecule has 0 radical (unpaired) electrons. The first-order valence-corrected chi connectivity index (χ1v) is 8.38. The van der Waals surface area contributed by atoms with E-state index in [0.29, 0.717) is 25.4 Å². The quantitative estimate of drug-likeness (QED) is 0.817. The fraction of sp³-hybridized carbons (Fsp3) is 0.316. The Morgan fingerprint density at radius 2 is 2.08 bits per heavy atom. The van der Waals surface area contributed by atoms with Gasteiger partial charge in [-0.15, -0.1) is 0 Å². The predicted octanol–water partition coefficient (Wildman–Crippen LogP) is 1.67. The monoisotopic (exact) mass is 356 g/mol. The summed E-state index contributed by atoms with van der Waals surface area (Å²) in [6.07, 6.45) is 3.90. The van der Waals surface area contributed by atoms with E-state index >= 15 is 0 Å². The van der Waals surface area contributed by atoms with Crippen LogP contribution >= 0.6 is 0 Å². The van der Waals surface area contributed by atoms with Gasteiger partial charge < -0.3 is 19.9 Å². The molecule has 1 aliphatic heterocycles. The molecular formula is C19H20N2O5. The number of carboxylic acids is 1. The van der Waals surface area contributed by atoms with Gasteiger partial charge in [-0.25, -0.2) is 4.79 Å². The molecular weight excluding hydrogens is 336 g/mol. The average Bonchev–Trinajstić information content (AvgIpc) is 2.64. The van der Waals surface area contributed by atoms with Crippen molar-refractivity contribution in [3.05, 3.63) is 59.9 Å². The number of carbonyl (C=O) groups excluding carboxylic acids is 1. The summed E-state index contributed by atoms with van der Waals surface area (Å²) in [4.78, 5) is 27.2. The van der Waals surface area contributed by atoms with E-state index in [1.165, 1.54) is 12.1 Å². The van der Waals surface area contributed by atoms with Crippen molar-refractivity contribution in [3.63, 3.8) is 0 Å². The summed E-state index contributed by atoms with van der Waals surface area (Å²) in [6, 6.07) is 9.65. The number of pyridine rings is 1. The molecule has 2 aromatic rings. The first-order valence-electron chi connectivity index (χ1n) is 8.38. The summed E-state index contributed by atoms with van der Waals surface area (Å²) in [5.41, 5.74) is 1.04. The second kappa shape index (κ2) is 8.44. The number of nitrogens with one attached hydrogen (secondary N) is 1. The Morgan fingerprint density at radius 1 is 1.27 bits per heavy atom. The molecule has 7 heteroatoms. The van der Waals surface area contributed by atoms with Gasteiger partial charge in [0, 0.05) is 19.0 Å². The van der Waals surface area contributed by atoms with Gasteiger partial charge in [0.1, 0.15) is 11.9 Å². The normalized spacial score (nSPS) is 19.5. The van der Waals surface area contributed by atoms with Gasteiger partial charge in [0.15, 0.2) is 0 Å². The van der Waals surface area contributed by atoms with Crippen LogP contribution in [0.5, 0.6) is 5.75 Å². The summed E-state index contributed by atoms with van der Waals surface area (Å²) in [6.45, 7) is 0.911. The fourth-order valence-corrected chi connectivity index (χ4v) is 2.79. The molecule has 0 spiro atoms. The first-order chi connectivity index (χ1) is 12.6. The van der Waals surface area contributed by atoms with Gasteiger partial charge in [-0.05, 0) is 42.3 Å². The van der Waals surface area contributed by atoms with E-state index in [1.807, 2.05) is 6.07 Å². The highest BCUT2D eigenvalue weighted by Crippen LogP contribution is 2.19. The van der Waals surface area contributed by atoms with E-state index in [0.717, 1.165) is 5.56 Å². The maximum Gasteiger partial charge on any atom is 0.335 e. The Balaban J connectivity index is 1.60. The zero-order valence-electron chi connectivity index (χ0n) is 14.1. The molecule has 2 heterocycles. The summed E-state index contributed by atoms with van der Waals surface area (Å²) in [5, 5.41) is 11.9. The van der Waals surface area contributed by atoms with Crippen molar-refractivity contribution in [2.24, 2.45) is 0 Å². The largest absolute Gasteiger partial charge is 0.486 e. The number of hydrogen-bond acceptors (Lipinski definition) is 5. The van der Waals surface area contributed by atoms with E-state index in [9.17, 15) is 9.59 Å². The van der Waals surface area contributed by atoms with Crippen molar-refractivity contribution in [3.8, 4) is 5.75 Å². The van der Waals surface area contributed by atoms with Crippen LogP contribution in [0.25, 0.3) is 0 Å². The zero-order chi connectivity index (χ0) is 18.4. The highest BCUT2D eigenvalue weighted by Gasteiger charge is 2.29. The lowest BCUT2D eigenvalue weighted by Crippen LogP contribution is -2.51. The second-order valence-corrected chi connectivity index (χ2v) is 6.06. The third-order valence-electron chi connectivity index (χ3n) is 4.13. The summed E-state index contributed by atoms with van der Waals surface area (Å²) in [5.74, 6) is -0.546. The van der Waals surface area contributed by atoms with E-state index in [4.69, 9.17) is 14.6 Å². The van der Waals surface area contributed by atoms with Gasteiger partial charge in [-0.1, -0.05) is 6.07 Å². The molecule has 0 bridgehead atoms. The average molecular weight is 356 g/mol. The zero-order valence-corrected chi connectivity index (χ0v) is 14.1. The third-order valence-corrected chi connectivity index (χ3v) is 4.13. The molecule has 2 N–H and O–H groups in total. The summed E-state index contributed by atoms with van der Waals surface area (Å²) < 4.78 is 11.4. The molecule has 0 saturated carbocycles. The summed E-state index contributed by atoms with van der Waals surface area (Å²) in [7, 11) is 0. The molecule has 0 unspecified atom stereocenters. The van der Waals surface area contributed by atoms with Gasteiger partial charge in [-0.3, -0.25) is 9.78 Å². The summed E-state index contributed by atoms with van der Waals surface area (Å²) >= 11 is 0. The van der Waals surface area contributed by atoms with Crippen molar-refractivity contribution in [1.82, 2.24) is 10.3 Å². The maximum atomic E-state index is 12.3. The van der Waals surface area contributed by atoms with Crippen molar-refractivity contribution < 1.29 is 24.2 Å². The van der Waals surface area contributed by atoms with Crippen LogP contribution in [0.15, 0.2) is 48.8 Å². The number of nitrogens with zero attached hydrogens (tertiary/aromatic N) is 1. The number of amides is 1. The number of ether oxygens (including phenoxy) is 2. The molecule has 1 aromatic carbocycles. The molecule has 7 nitrogen and oxygen atoms in total. The van der Waals surface area contributed by atoms with E-state index in [1.54, 1.807) is 30.6 Å². The van der Waals surface area contributed by atoms with Gasteiger partial charge in [0.05, 0.1) is 24.6 Å². The van der Waals surface area contributed by atoms with Crippen molar-refractivity contribution in [1.29, 1.82) is 0 Å². The molecule has 1 amide bonds. The van der Waals surface area contributed by atoms with Crippen LogP contribution in [0.2, 0.25) is 0 Å². The molecule has 1 fully saturated rings. The van der Waals surface area contributed by atoms with E-state index in [2.05, 4.69) is 10.3 Å². The lowest BCUT2D eigenvalue weighted by Gasteiger charge is -2.32. The number of benzene rings is 1. The minimum absolute atomic E-state index is 0.0975. The van der Waals surface area contributed by atoms with E-state index in [-0.39, 0.29) is 30.0 Å². The van der Waals surface area contributed by atoms with Crippen LogP contribution < -0.4 is 10.1 Å². The number of rotatable bonds is 6. The van der Waals surface area contributed by atoms with Crippen LogP contribution in [0, 0.1) is 0 Å². The Kier molecular flexibility index (Phi) is 5.80.